The molecule has 10 unspecified atom stereocenters. The second-order valence-electron chi connectivity index (χ2n) is 12.7. The molecule has 5 aliphatic carbocycles. The molecular formula is C25H42. The van der Waals surface area contributed by atoms with E-state index < -0.39 is 0 Å². The maximum atomic E-state index is 2.78. The van der Waals surface area contributed by atoms with E-state index in [-0.39, 0.29) is 0 Å². The first-order valence-corrected chi connectivity index (χ1v) is 11.4. The maximum Gasteiger partial charge on any atom is -0.0168 e. The lowest BCUT2D eigenvalue weighted by Crippen LogP contribution is -2.88. The highest BCUT2D eigenvalue weighted by Gasteiger charge is 2.93. The lowest BCUT2D eigenvalue weighted by Gasteiger charge is -2.92. The number of rotatable bonds is 2. The lowest BCUT2D eigenvalue weighted by molar-refractivity contribution is -0.452. The molecule has 0 nitrogen and oxygen atoms in total. The zero-order valence-corrected chi connectivity index (χ0v) is 18.4. The molecule has 0 bridgehead atoms. The Labute approximate surface area is 156 Å². The summed E-state index contributed by atoms with van der Waals surface area (Å²) in [4.78, 5) is 0. The van der Waals surface area contributed by atoms with E-state index in [0.717, 1.165) is 41.4 Å². The second kappa shape index (κ2) is 4.20. The first-order valence-electron chi connectivity index (χ1n) is 11.4. The van der Waals surface area contributed by atoms with Gasteiger partial charge in [0.1, 0.15) is 0 Å². The molecule has 0 radical (unpaired) electrons. The van der Waals surface area contributed by atoms with Crippen molar-refractivity contribution in [2.45, 2.75) is 88.0 Å². The van der Waals surface area contributed by atoms with Crippen molar-refractivity contribution in [2.75, 3.05) is 0 Å². The van der Waals surface area contributed by atoms with Gasteiger partial charge in [-0.2, -0.15) is 0 Å². The Morgan fingerprint density at radius 2 is 1.44 bits per heavy atom. The minimum Gasteiger partial charge on any atom is -0.0619 e. The number of hydrogen-bond donors (Lipinski definition) is 0. The molecule has 0 aliphatic heterocycles. The summed E-state index contributed by atoms with van der Waals surface area (Å²) in [5.74, 6) is 6.75. The Balaban J connectivity index is 1.66. The molecule has 0 heterocycles. The molecule has 142 valence electrons. The monoisotopic (exact) mass is 342 g/mol. The largest absolute Gasteiger partial charge is 0.0619 e. The molecule has 0 amide bonds. The summed E-state index contributed by atoms with van der Waals surface area (Å²) in [6, 6.07) is 0. The van der Waals surface area contributed by atoms with E-state index in [9.17, 15) is 0 Å². The van der Waals surface area contributed by atoms with E-state index >= 15 is 0 Å². The second-order valence-corrected chi connectivity index (χ2v) is 12.7. The minimum absolute atomic E-state index is 0.476. The van der Waals surface area contributed by atoms with Crippen molar-refractivity contribution in [2.24, 2.45) is 68.5 Å². The smallest absolute Gasteiger partial charge is 0.0168 e. The van der Waals surface area contributed by atoms with Crippen LogP contribution < -0.4 is 0 Å². The van der Waals surface area contributed by atoms with Crippen LogP contribution in [0.25, 0.3) is 0 Å². The molecule has 5 aliphatic rings. The van der Waals surface area contributed by atoms with Crippen molar-refractivity contribution >= 4 is 0 Å². The van der Waals surface area contributed by atoms with Crippen LogP contribution in [0.5, 0.6) is 0 Å². The molecule has 10 atom stereocenters. The van der Waals surface area contributed by atoms with E-state index in [1.165, 1.54) is 25.7 Å². The third kappa shape index (κ3) is 1.21. The Kier molecular flexibility index (Phi) is 2.87. The zero-order chi connectivity index (χ0) is 18.4. The van der Waals surface area contributed by atoms with E-state index in [1.54, 1.807) is 0 Å². The molecule has 0 aromatic rings. The Bertz CT molecular complexity index is 628. The molecule has 0 aromatic heterocycles. The third-order valence-corrected chi connectivity index (χ3v) is 13.6. The van der Waals surface area contributed by atoms with Crippen molar-refractivity contribution in [3.8, 4) is 0 Å². The van der Waals surface area contributed by atoms with Crippen LogP contribution in [0.15, 0.2) is 0 Å². The number of fused-ring (bicyclic) bond motifs is 7. The van der Waals surface area contributed by atoms with Crippen LogP contribution in [0.1, 0.15) is 88.0 Å². The summed E-state index contributed by atoms with van der Waals surface area (Å²) < 4.78 is 0. The molecule has 5 saturated carbocycles. The summed E-state index contributed by atoms with van der Waals surface area (Å²) in [6.07, 6.45) is 5.97. The fourth-order valence-electron chi connectivity index (χ4n) is 11.1. The normalized spacial score (nSPS) is 65.6. The molecule has 0 heteroatoms. The molecule has 5 fully saturated rings. The van der Waals surface area contributed by atoms with E-state index in [0.29, 0.717) is 27.1 Å². The van der Waals surface area contributed by atoms with Crippen LogP contribution in [0.3, 0.4) is 0 Å². The van der Waals surface area contributed by atoms with Crippen LogP contribution in [0.4, 0.5) is 0 Å². The summed E-state index contributed by atoms with van der Waals surface area (Å²) in [6.45, 7) is 24.2. The van der Waals surface area contributed by atoms with Crippen LogP contribution >= 0.6 is 0 Å². The zero-order valence-electron chi connectivity index (χ0n) is 18.4. The average molecular weight is 343 g/mol. The molecule has 0 spiro atoms. The summed E-state index contributed by atoms with van der Waals surface area (Å²) in [7, 11) is 0. The highest BCUT2D eigenvalue weighted by molar-refractivity contribution is 5.40. The third-order valence-electron chi connectivity index (χ3n) is 13.6. The Morgan fingerprint density at radius 1 is 0.840 bits per heavy atom. The van der Waals surface area contributed by atoms with Gasteiger partial charge in [0, 0.05) is 0 Å². The van der Waals surface area contributed by atoms with Crippen LogP contribution in [0, 0.1) is 68.5 Å². The maximum absolute atomic E-state index is 2.78. The van der Waals surface area contributed by atoms with Gasteiger partial charge in [0.05, 0.1) is 0 Å². The van der Waals surface area contributed by atoms with Gasteiger partial charge in [0.2, 0.25) is 0 Å². The van der Waals surface area contributed by atoms with Gasteiger partial charge in [0.25, 0.3) is 0 Å². The average Bonchev–Trinajstić information content (AvgIpc) is 2.63. The highest BCUT2D eigenvalue weighted by Crippen LogP contribution is 2.97. The van der Waals surface area contributed by atoms with Crippen molar-refractivity contribution in [1.82, 2.24) is 0 Å². The van der Waals surface area contributed by atoms with Crippen molar-refractivity contribution in [3.05, 3.63) is 0 Å². The Hall–Kier alpha value is 0. The SMILES string of the molecule is CC1C(C)C(C)(C(C)(C)C2CCC2)C2(C)C1C1C3CC(C)C3(C)C12C. The molecule has 0 saturated heterocycles. The van der Waals surface area contributed by atoms with E-state index in [4.69, 9.17) is 0 Å². The van der Waals surface area contributed by atoms with Crippen LogP contribution in [-0.2, 0) is 0 Å². The fraction of sp³-hybridized carbons (Fsp3) is 1.00. The molecular weight excluding hydrogens is 300 g/mol. The molecule has 0 N–H and O–H groups in total. The summed E-state index contributed by atoms with van der Waals surface area (Å²) in [5, 5.41) is 0. The van der Waals surface area contributed by atoms with Crippen LogP contribution in [0.2, 0.25) is 0 Å². The minimum atomic E-state index is 0.476. The van der Waals surface area contributed by atoms with Gasteiger partial charge in [-0.3, -0.25) is 0 Å². The molecule has 25 heavy (non-hydrogen) atoms. The standard InChI is InChI=1S/C25H42/c1-14-13-18-20-19-15(2)16(3)23(7,21(4,5)17-11-10-12-17)25(19,9)24(20,8)22(14,18)6/h14-20H,10-13H2,1-9H3. The topological polar surface area (TPSA) is 0 Å². The Morgan fingerprint density at radius 3 is 1.92 bits per heavy atom. The van der Waals surface area contributed by atoms with Crippen molar-refractivity contribution in [1.29, 1.82) is 0 Å². The van der Waals surface area contributed by atoms with Gasteiger partial charge >= 0.3 is 0 Å². The molecule has 0 aromatic carbocycles. The van der Waals surface area contributed by atoms with Gasteiger partial charge in [-0.15, -0.1) is 0 Å². The van der Waals surface area contributed by atoms with E-state index in [2.05, 4.69) is 62.3 Å². The van der Waals surface area contributed by atoms with Crippen LogP contribution in [-0.4, -0.2) is 0 Å². The van der Waals surface area contributed by atoms with Gasteiger partial charge in [0.15, 0.2) is 0 Å². The van der Waals surface area contributed by atoms with Gasteiger partial charge < -0.3 is 0 Å². The van der Waals surface area contributed by atoms with Gasteiger partial charge in [-0.25, -0.2) is 0 Å². The fourth-order valence-corrected chi connectivity index (χ4v) is 11.1. The summed E-state index contributed by atoms with van der Waals surface area (Å²) >= 11 is 0. The van der Waals surface area contributed by atoms with E-state index in [1.807, 2.05) is 0 Å². The van der Waals surface area contributed by atoms with Crippen molar-refractivity contribution < 1.29 is 0 Å². The van der Waals surface area contributed by atoms with Gasteiger partial charge in [-0.05, 0) is 87.8 Å². The van der Waals surface area contributed by atoms with Gasteiger partial charge in [-0.1, -0.05) is 68.7 Å². The number of hydrogen-bond acceptors (Lipinski definition) is 0. The summed E-state index contributed by atoms with van der Waals surface area (Å²) in [5.41, 5.74) is 2.70. The molecule has 5 rings (SSSR count). The first-order chi connectivity index (χ1) is 11.4. The predicted octanol–water partition coefficient (Wildman–Crippen LogP) is 7.04. The highest BCUT2D eigenvalue weighted by atomic mass is 15.0. The lowest BCUT2D eigenvalue weighted by atomic mass is 9.12. The first kappa shape index (κ1) is 17.1. The quantitative estimate of drug-likeness (QED) is 0.505. The predicted molar refractivity (Wildman–Crippen MR) is 106 cm³/mol. The van der Waals surface area contributed by atoms with Crippen molar-refractivity contribution in [3.63, 3.8) is 0 Å².